The van der Waals surface area contributed by atoms with Gasteiger partial charge in [-0.3, -0.25) is 0 Å². The molecule has 4 nitrogen and oxygen atoms in total. The largest absolute Gasteiger partial charge is 0.396 e. The Morgan fingerprint density at radius 3 is 2.76 bits per heavy atom. The number of nitrogens with one attached hydrogen (secondary N) is 1. The lowest BCUT2D eigenvalue weighted by atomic mass is 10.2. The maximum absolute atomic E-state index is 13.5. The van der Waals surface area contributed by atoms with Crippen molar-refractivity contribution in [2.45, 2.75) is 49.3 Å². The molecule has 7 heteroatoms. The average Bonchev–Trinajstić information content (AvgIpc) is 2.82. The number of aryl methyl sites for hydroxylation is 1. The minimum absolute atomic E-state index is 0.0329. The first-order chi connectivity index (χ1) is 9.83. The smallest absolute Gasteiger partial charge is 0.240 e. The van der Waals surface area contributed by atoms with Gasteiger partial charge in [-0.25, -0.2) is 17.5 Å². The van der Waals surface area contributed by atoms with Crippen LogP contribution in [-0.2, 0) is 10.0 Å². The summed E-state index contributed by atoms with van der Waals surface area (Å²) in [5.74, 6) is 0.479. The van der Waals surface area contributed by atoms with Crippen LogP contribution >= 0.6 is 11.8 Å². The van der Waals surface area contributed by atoms with Crippen LogP contribution < -0.4 is 10.5 Å². The van der Waals surface area contributed by atoms with Gasteiger partial charge in [-0.2, -0.15) is 11.8 Å². The van der Waals surface area contributed by atoms with Crippen molar-refractivity contribution >= 4 is 27.5 Å². The predicted octanol–water partition coefficient (Wildman–Crippen LogP) is 2.67. The lowest BCUT2D eigenvalue weighted by molar-refractivity contribution is 0.552. The third-order valence-corrected chi connectivity index (χ3v) is 6.41. The molecule has 0 saturated heterocycles. The monoisotopic (exact) mass is 332 g/mol. The standard InChI is InChI=1S/C14H21FN2O2S2/c1-3-20-11-5-4-10(7-11)17-21(18,19)12-6-9(2)14(15)13(16)8-12/h6,8,10-11,17H,3-5,7,16H2,1-2H3. The van der Waals surface area contributed by atoms with E-state index in [9.17, 15) is 12.8 Å². The zero-order valence-electron chi connectivity index (χ0n) is 12.2. The molecule has 1 fully saturated rings. The van der Waals surface area contributed by atoms with Crippen molar-refractivity contribution in [3.8, 4) is 0 Å². The van der Waals surface area contributed by atoms with Gasteiger partial charge in [0, 0.05) is 11.3 Å². The van der Waals surface area contributed by atoms with Crippen molar-refractivity contribution in [2.24, 2.45) is 0 Å². The van der Waals surface area contributed by atoms with Crippen LogP contribution in [0.25, 0.3) is 0 Å². The third kappa shape index (κ3) is 3.90. The second-order valence-electron chi connectivity index (χ2n) is 5.35. The molecule has 21 heavy (non-hydrogen) atoms. The fourth-order valence-corrected chi connectivity index (χ4v) is 5.19. The summed E-state index contributed by atoms with van der Waals surface area (Å²) in [5, 5.41) is 0.516. The zero-order chi connectivity index (χ0) is 15.6. The molecule has 0 amide bonds. The Morgan fingerprint density at radius 2 is 2.14 bits per heavy atom. The summed E-state index contributed by atoms with van der Waals surface area (Å²) >= 11 is 1.87. The van der Waals surface area contributed by atoms with Gasteiger partial charge in [0.2, 0.25) is 10.0 Å². The molecule has 1 aliphatic rings. The van der Waals surface area contributed by atoms with E-state index in [2.05, 4.69) is 11.6 Å². The highest BCUT2D eigenvalue weighted by molar-refractivity contribution is 7.99. The Morgan fingerprint density at radius 1 is 1.43 bits per heavy atom. The number of sulfonamides is 1. The van der Waals surface area contributed by atoms with Crippen LogP contribution in [0.2, 0.25) is 0 Å². The van der Waals surface area contributed by atoms with Gasteiger partial charge < -0.3 is 5.73 Å². The zero-order valence-corrected chi connectivity index (χ0v) is 13.9. The lowest BCUT2D eigenvalue weighted by Crippen LogP contribution is -2.33. The topological polar surface area (TPSA) is 72.2 Å². The van der Waals surface area contributed by atoms with Gasteiger partial charge >= 0.3 is 0 Å². The van der Waals surface area contributed by atoms with Crippen LogP contribution in [0.15, 0.2) is 17.0 Å². The number of nitrogens with two attached hydrogens (primary N) is 1. The Labute approximate surface area is 129 Å². The van der Waals surface area contributed by atoms with Crippen LogP contribution in [0.4, 0.5) is 10.1 Å². The minimum Gasteiger partial charge on any atom is -0.396 e. The number of hydrogen-bond donors (Lipinski definition) is 2. The molecule has 1 aliphatic carbocycles. The summed E-state index contributed by atoms with van der Waals surface area (Å²) < 4.78 is 41.0. The van der Waals surface area contributed by atoms with Gasteiger partial charge in [-0.05, 0) is 49.6 Å². The summed E-state index contributed by atoms with van der Waals surface area (Å²) in [7, 11) is -3.65. The van der Waals surface area contributed by atoms with E-state index in [4.69, 9.17) is 5.73 Å². The summed E-state index contributed by atoms with van der Waals surface area (Å²) in [6, 6.07) is 2.45. The number of anilines is 1. The summed E-state index contributed by atoms with van der Waals surface area (Å²) in [6.45, 7) is 3.61. The Kier molecular flexibility index (Phi) is 5.16. The van der Waals surface area contributed by atoms with Crippen LogP contribution in [0.3, 0.4) is 0 Å². The van der Waals surface area contributed by atoms with E-state index >= 15 is 0 Å². The molecular weight excluding hydrogens is 311 g/mol. The Balaban J connectivity index is 2.13. The van der Waals surface area contributed by atoms with Gasteiger partial charge in [0.25, 0.3) is 0 Å². The molecule has 2 rings (SSSR count). The van der Waals surface area contributed by atoms with E-state index in [-0.39, 0.29) is 22.2 Å². The van der Waals surface area contributed by atoms with Crippen LogP contribution in [0.1, 0.15) is 31.7 Å². The van der Waals surface area contributed by atoms with Crippen LogP contribution in [-0.4, -0.2) is 25.5 Å². The summed E-state index contributed by atoms with van der Waals surface area (Å²) in [4.78, 5) is 0.0329. The molecule has 1 aromatic carbocycles. The minimum atomic E-state index is -3.65. The second kappa shape index (κ2) is 6.54. The van der Waals surface area contributed by atoms with E-state index in [1.807, 2.05) is 11.8 Å². The van der Waals surface area contributed by atoms with Crippen LogP contribution in [0.5, 0.6) is 0 Å². The normalized spacial score (nSPS) is 22.6. The first-order valence-corrected chi connectivity index (χ1v) is 9.56. The average molecular weight is 332 g/mol. The van der Waals surface area contributed by atoms with Crippen molar-refractivity contribution in [3.05, 3.63) is 23.5 Å². The first-order valence-electron chi connectivity index (χ1n) is 7.03. The van der Waals surface area contributed by atoms with Gasteiger partial charge in [0.15, 0.2) is 0 Å². The Hall–Kier alpha value is -0.790. The summed E-state index contributed by atoms with van der Waals surface area (Å²) in [5.41, 5.74) is 5.62. The number of hydrogen-bond acceptors (Lipinski definition) is 4. The lowest BCUT2D eigenvalue weighted by Gasteiger charge is -2.14. The van der Waals surface area contributed by atoms with E-state index in [0.717, 1.165) is 25.0 Å². The molecule has 2 atom stereocenters. The molecular formula is C14H21FN2O2S2. The van der Waals surface area contributed by atoms with E-state index in [1.54, 1.807) is 0 Å². The highest BCUT2D eigenvalue weighted by atomic mass is 32.2. The molecule has 3 N–H and O–H groups in total. The van der Waals surface area contributed by atoms with E-state index < -0.39 is 15.8 Å². The molecule has 0 spiro atoms. The van der Waals surface area contributed by atoms with E-state index in [0.29, 0.717) is 5.25 Å². The third-order valence-electron chi connectivity index (χ3n) is 3.68. The highest BCUT2D eigenvalue weighted by Crippen LogP contribution is 2.31. The fraction of sp³-hybridized carbons (Fsp3) is 0.571. The first kappa shape index (κ1) is 16.6. The van der Waals surface area contributed by atoms with Gasteiger partial charge in [0.1, 0.15) is 5.82 Å². The van der Waals surface area contributed by atoms with Crippen molar-refractivity contribution < 1.29 is 12.8 Å². The molecule has 1 aromatic rings. The molecule has 0 heterocycles. The molecule has 1 saturated carbocycles. The Bertz CT molecular complexity index is 596. The molecule has 0 bridgehead atoms. The van der Waals surface area contributed by atoms with Crippen molar-refractivity contribution in [3.63, 3.8) is 0 Å². The fourth-order valence-electron chi connectivity index (χ4n) is 2.64. The van der Waals surface area contributed by atoms with Crippen molar-refractivity contribution in [2.75, 3.05) is 11.5 Å². The molecule has 118 valence electrons. The van der Waals surface area contributed by atoms with Gasteiger partial charge in [-0.15, -0.1) is 0 Å². The van der Waals surface area contributed by atoms with E-state index in [1.165, 1.54) is 19.1 Å². The number of rotatable bonds is 5. The van der Waals surface area contributed by atoms with Crippen molar-refractivity contribution in [1.82, 2.24) is 4.72 Å². The summed E-state index contributed by atoms with van der Waals surface area (Å²) in [6.07, 6.45) is 2.70. The quantitative estimate of drug-likeness (QED) is 0.813. The van der Waals surface area contributed by atoms with Gasteiger partial charge in [-0.1, -0.05) is 6.92 Å². The predicted molar refractivity (Wildman–Crippen MR) is 85.4 cm³/mol. The van der Waals surface area contributed by atoms with Crippen LogP contribution in [0, 0.1) is 12.7 Å². The maximum atomic E-state index is 13.5. The SMILES string of the molecule is CCSC1CCC(NS(=O)(=O)c2cc(C)c(F)c(N)c2)C1. The number of halogens is 1. The number of thioether (sulfide) groups is 1. The number of benzene rings is 1. The second-order valence-corrected chi connectivity index (χ2v) is 8.64. The molecule has 0 radical (unpaired) electrons. The van der Waals surface area contributed by atoms with Crippen molar-refractivity contribution in [1.29, 1.82) is 0 Å². The highest BCUT2D eigenvalue weighted by Gasteiger charge is 2.29. The molecule has 2 unspecified atom stereocenters. The molecule has 0 aromatic heterocycles. The number of nitrogen functional groups attached to an aromatic ring is 1. The maximum Gasteiger partial charge on any atom is 0.240 e. The van der Waals surface area contributed by atoms with Gasteiger partial charge in [0.05, 0.1) is 10.6 Å². The molecule has 0 aliphatic heterocycles.